The van der Waals surface area contributed by atoms with E-state index in [-0.39, 0.29) is 16.5 Å². The molecule has 1 aromatic carbocycles. The highest BCUT2D eigenvalue weighted by Crippen LogP contribution is 2.24. The van der Waals surface area contributed by atoms with Crippen molar-refractivity contribution in [2.75, 3.05) is 25.6 Å². The zero-order valence-electron chi connectivity index (χ0n) is 14.3. The summed E-state index contributed by atoms with van der Waals surface area (Å²) in [6.45, 7) is 4.59. The third-order valence-electron chi connectivity index (χ3n) is 3.41. The van der Waals surface area contributed by atoms with Crippen LogP contribution in [-0.2, 0) is 14.8 Å². The van der Waals surface area contributed by atoms with E-state index >= 15 is 0 Å². The van der Waals surface area contributed by atoms with E-state index < -0.39 is 16.0 Å². The number of aromatic carboxylic acids is 1. The Hall–Kier alpha value is -1.64. The van der Waals surface area contributed by atoms with Gasteiger partial charge in [-0.15, -0.1) is 0 Å². The average Bonchev–Trinajstić information content (AvgIpc) is 2.52. The first-order chi connectivity index (χ1) is 11.3. The van der Waals surface area contributed by atoms with E-state index in [4.69, 9.17) is 9.84 Å². The fourth-order valence-corrected chi connectivity index (χ4v) is 3.48. The van der Waals surface area contributed by atoms with Gasteiger partial charge in [-0.1, -0.05) is 19.8 Å². The van der Waals surface area contributed by atoms with Gasteiger partial charge >= 0.3 is 5.97 Å². The van der Waals surface area contributed by atoms with Crippen molar-refractivity contribution in [3.63, 3.8) is 0 Å². The van der Waals surface area contributed by atoms with E-state index in [0.717, 1.165) is 19.3 Å². The number of ether oxygens (including phenoxy) is 1. The molecular weight excluding hydrogens is 332 g/mol. The van der Waals surface area contributed by atoms with Gasteiger partial charge in [-0.05, 0) is 31.5 Å². The Morgan fingerprint density at radius 1 is 1.33 bits per heavy atom. The Bertz CT molecular complexity index is 646. The Morgan fingerprint density at radius 2 is 2.04 bits per heavy atom. The van der Waals surface area contributed by atoms with Gasteiger partial charge in [0.25, 0.3) is 0 Å². The molecule has 7 nitrogen and oxygen atoms in total. The summed E-state index contributed by atoms with van der Waals surface area (Å²) < 4.78 is 32.7. The largest absolute Gasteiger partial charge is 0.478 e. The van der Waals surface area contributed by atoms with Crippen LogP contribution in [0.5, 0.6) is 0 Å². The zero-order chi connectivity index (χ0) is 18.2. The molecule has 0 radical (unpaired) electrons. The highest BCUT2D eigenvalue weighted by Gasteiger charge is 2.21. The number of hydrogen-bond acceptors (Lipinski definition) is 5. The highest BCUT2D eigenvalue weighted by atomic mass is 32.2. The lowest BCUT2D eigenvalue weighted by atomic mass is 10.2. The molecule has 0 bridgehead atoms. The fraction of sp³-hybridized carbons (Fsp3) is 0.562. The molecular formula is C16H26N2O5S. The number of anilines is 1. The van der Waals surface area contributed by atoms with Crippen LogP contribution < -0.4 is 10.0 Å². The quantitative estimate of drug-likeness (QED) is 0.524. The number of rotatable bonds is 11. The van der Waals surface area contributed by atoms with E-state index in [0.29, 0.717) is 18.8 Å². The number of carboxylic acid groups (broad SMARTS) is 1. The minimum absolute atomic E-state index is 0.0677. The maximum atomic E-state index is 12.6. The molecule has 1 atom stereocenters. The monoisotopic (exact) mass is 358 g/mol. The van der Waals surface area contributed by atoms with Crippen LogP contribution in [0.15, 0.2) is 23.1 Å². The number of carboxylic acids is 1. The first-order valence-corrected chi connectivity index (χ1v) is 9.42. The van der Waals surface area contributed by atoms with Crippen molar-refractivity contribution < 1.29 is 23.1 Å². The topological polar surface area (TPSA) is 105 Å². The van der Waals surface area contributed by atoms with Crippen LogP contribution >= 0.6 is 0 Å². The summed E-state index contributed by atoms with van der Waals surface area (Å²) in [5, 5.41) is 12.2. The number of nitrogens with one attached hydrogen (secondary N) is 2. The first-order valence-electron chi connectivity index (χ1n) is 7.94. The van der Waals surface area contributed by atoms with Gasteiger partial charge in [-0.2, -0.15) is 0 Å². The summed E-state index contributed by atoms with van der Waals surface area (Å²) in [6, 6.07) is 3.89. The molecule has 0 heterocycles. The molecule has 0 unspecified atom stereocenters. The van der Waals surface area contributed by atoms with Crippen molar-refractivity contribution in [3.8, 4) is 0 Å². The molecule has 0 aliphatic rings. The van der Waals surface area contributed by atoms with Crippen molar-refractivity contribution in [1.29, 1.82) is 0 Å². The van der Waals surface area contributed by atoms with Gasteiger partial charge in [0.05, 0.1) is 17.9 Å². The van der Waals surface area contributed by atoms with Crippen molar-refractivity contribution >= 4 is 21.7 Å². The summed E-state index contributed by atoms with van der Waals surface area (Å²) in [5.41, 5.74) is 0.279. The van der Waals surface area contributed by atoms with Crippen molar-refractivity contribution in [2.45, 2.75) is 44.0 Å². The van der Waals surface area contributed by atoms with Gasteiger partial charge in [0.15, 0.2) is 0 Å². The van der Waals surface area contributed by atoms with E-state index in [2.05, 4.69) is 10.0 Å². The molecule has 3 N–H and O–H groups in total. The summed E-state index contributed by atoms with van der Waals surface area (Å²) in [6.07, 6.45) is 2.64. The summed E-state index contributed by atoms with van der Waals surface area (Å²) >= 11 is 0. The van der Waals surface area contributed by atoms with Gasteiger partial charge in [-0.3, -0.25) is 0 Å². The summed E-state index contributed by atoms with van der Waals surface area (Å²) in [4.78, 5) is 11.1. The third kappa shape index (κ3) is 6.10. The maximum Gasteiger partial charge on any atom is 0.335 e. The Kier molecular flexibility index (Phi) is 8.17. The summed E-state index contributed by atoms with van der Waals surface area (Å²) in [5.74, 6) is -1.17. The molecule has 0 saturated carbocycles. The Labute approximate surface area is 143 Å². The first kappa shape index (κ1) is 20.4. The molecule has 0 aromatic heterocycles. The predicted octanol–water partition coefficient (Wildman–Crippen LogP) is 2.30. The van der Waals surface area contributed by atoms with Crippen LogP contribution in [0.25, 0.3) is 0 Å². The van der Waals surface area contributed by atoms with E-state index in [1.54, 1.807) is 7.11 Å². The fourth-order valence-electron chi connectivity index (χ4n) is 2.21. The smallest absolute Gasteiger partial charge is 0.335 e. The molecule has 24 heavy (non-hydrogen) atoms. The molecule has 136 valence electrons. The van der Waals surface area contributed by atoms with Crippen molar-refractivity contribution in [3.05, 3.63) is 23.8 Å². The third-order valence-corrected chi connectivity index (χ3v) is 4.91. The lowest BCUT2D eigenvalue weighted by Crippen LogP contribution is -2.28. The molecule has 0 aliphatic heterocycles. The average molecular weight is 358 g/mol. The van der Waals surface area contributed by atoms with Crippen LogP contribution in [0.2, 0.25) is 0 Å². The van der Waals surface area contributed by atoms with E-state index in [9.17, 15) is 13.2 Å². The van der Waals surface area contributed by atoms with Crippen LogP contribution in [0.1, 0.15) is 43.5 Å². The molecule has 0 saturated heterocycles. The molecule has 0 fully saturated rings. The molecule has 8 heteroatoms. The van der Waals surface area contributed by atoms with E-state index in [1.807, 2.05) is 13.8 Å². The zero-order valence-corrected chi connectivity index (χ0v) is 15.1. The second-order valence-electron chi connectivity index (χ2n) is 5.62. The number of unbranched alkanes of at least 4 members (excludes halogenated alkanes) is 2. The molecule has 1 rings (SSSR count). The minimum atomic E-state index is -3.80. The standard InChI is InChI=1S/C16H26N2O5S/c1-4-5-6-9-17-24(21,22)15-10-13(16(19)20)7-8-14(15)18-12(2)11-23-3/h7-8,10,12,17-18H,4-6,9,11H2,1-3H3,(H,19,20)/t12-/m0/s1. The number of hydrogen-bond donors (Lipinski definition) is 3. The molecule has 1 aromatic rings. The maximum absolute atomic E-state index is 12.6. The van der Waals surface area contributed by atoms with Crippen molar-refractivity contribution in [2.24, 2.45) is 0 Å². The number of carbonyl (C=O) groups is 1. The Morgan fingerprint density at radius 3 is 2.62 bits per heavy atom. The number of sulfonamides is 1. The normalized spacial score (nSPS) is 12.8. The Balaban J connectivity index is 3.10. The predicted molar refractivity (Wildman–Crippen MR) is 93.1 cm³/mol. The molecule has 0 aliphatic carbocycles. The van der Waals surface area contributed by atoms with Gasteiger partial charge in [0, 0.05) is 19.7 Å². The van der Waals surface area contributed by atoms with Crippen molar-refractivity contribution in [1.82, 2.24) is 4.72 Å². The van der Waals surface area contributed by atoms with Gasteiger partial charge < -0.3 is 15.2 Å². The molecule has 0 amide bonds. The lowest BCUT2D eigenvalue weighted by molar-refractivity contribution is 0.0696. The van der Waals surface area contributed by atoms with Crippen LogP contribution in [-0.4, -0.2) is 45.8 Å². The molecule has 0 spiro atoms. The number of benzene rings is 1. The highest BCUT2D eigenvalue weighted by molar-refractivity contribution is 7.89. The van der Waals surface area contributed by atoms with E-state index in [1.165, 1.54) is 18.2 Å². The number of methoxy groups -OCH3 is 1. The van der Waals surface area contributed by atoms with Gasteiger partial charge in [0.1, 0.15) is 4.90 Å². The minimum Gasteiger partial charge on any atom is -0.478 e. The summed E-state index contributed by atoms with van der Waals surface area (Å²) in [7, 11) is -2.25. The van der Waals surface area contributed by atoms with Gasteiger partial charge in [0.2, 0.25) is 10.0 Å². The van der Waals surface area contributed by atoms with Crippen LogP contribution in [0.4, 0.5) is 5.69 Å². The van der Waals surface area contributed by atoms with Crippen LogP contribution in [0.3, 0.4) is 0 Å². The second-order valence-corrected chi connectivity index (χ2v) is 7.36. The van der Waals surface area contributed by atoms with Gasteiger partial charge in [-0.25, -0.2) is 17.9 Å². The lowest BCUT2D eigenvalue weighted by Gasteiger charge is -2.18. The van der Waals surface area contributed by atoms with Crippen LogP contribution in [0, 0.1) is 0 Å². The second kappa shape index (κ2) is 9.61. The SMILES string of the molecule is CCCCCNS(=O)(=O)c1cc(C(=O)O)ccc1N[C@@H](C)COC.